The molecule has 1 aliphatic rings. The molecule has 1 unspecified atom stereocenters. The molecule has 0 saturated heterocycles. The normalized spacial score (nSPS) is 16.2. The Hall–Kier alpha value is -2.95. The summed E-state index contributed by atoms with van der Waals surface area (Å²) in [5.74, 6) is 3.20. The zero-order chi connectivity index (χ0) is 20.9. The Morgan fingerprint density at radius 1 is 0.613 bits per heavy atom. The summed E-state index contributed by atoms with van der Waals surface area (Å²) in [6.07, 6.45) is 5.07. The molecule has 152 valence electrons. The molecule has 4 aromatic carbocycles. The monoisotopic (exact) mass is 418 g/mol. The van der Waals surface area contributed by atoms with Crippen molar-refractivity contribution in [1.82, 2.24) is 0 Å². The van der Waals surface area contributed by atoms with Crippen LogP contribution in [0.15, 0.2) is 103 Å². The van der Waals surface area contributed by atoms with Crippen molar-refractivity contribution in [3.8, 4) is 33.4 Å². The van der Waals surface area contributed by atoms with E-state index in [1.165, 1.54) is 66.2 Å². The molecule has 0 radical (unpaired) electrons. The highest BCUT2D eigenvalue weighted by molar-refractivity contribution is 7.38. The van der Waals surface area contributed by atoms with Gasteiger partial charge in [-0.3, -0.25) is 0 Å². The van der Waals surface area contributed by atoms with Crippen molar-refractivity contribution < 1.29 is 0 Å². The fourth-order valence-corrected chi connectivity index (χ4v) is 5.67. The van der Waals surface area contributed by atoms with Crippen LogP contribution in [-0.2, 0) is 6.42 Å². The molecule has 0 N–H and O–H groups in total. The third-order valence-corrected chi connectivity index (χ3v) is 7.38. The first-order valence-electron chi connectivity index (χ1n) is 11.2. The molecule has 0 bridgehead atoms. The van der Waals surface area contributed by atoms with Crippen LogP contribution in [-0.4, -0.2) is 12.0 Å². The van der Waals surface area contributed by atoms with Crippen LogP contribution in [0.3, 0.4) is 0 Å². The molecule has 0 aromatic heterocycles. The van der Waals surface area contributed by atoms with Gasteiger partial charge in [0.15, 0.2) is 0 Å². The topological polar surface area (TPSA) is 0 Å². The van der Waals surface area contributed by atoms with Crippen LogP contribution >= 0.6 is 8.20 Å². The van der Waals surface area contributed by atoms with Crippen LogP contribution in [0.5, 0.6) is 0 Å². The van der Waals surface area contributed by atoms with Crippen molar-refractivity contribution in [1.29, 1.82) is 0 Å². The predicted molar refractivity (Wildman–Crippen MR) is 137 cm³/mol. The Morgan fingerprint density at radius 2 is 1.13 bits per heavy atom. The Labute approximate surface area is 187 Å². The average molecular weight is 419 g/mol. The van der Waals surface area contributed by atoms with E-state index >= 15 is 0 Å². The summed E-state index contributed by atoms with van der Waals surface area (Å²) in [5.41, 5.74) is 9.39. The van der Waals surface area contributed by atoms with Gasteiger partial charge in [0, 0.05) is 0 Å². The van der Waals surface area contributed by atoms with Gasteiger partial charge in [-0.15, -0.1) is 8.20 Å². The minimum Gasteiger partial charge on any atom is -0.109 e. The van der Waals surface area contributed by atoms with E-state index in [0.29, 0.717) is 5.92 Å². The van der Waals surface area contributed by atoms with E-state index < -0.39 is 0 Å². The third-order valence-electron chi connectivity index (χ3n) is 6.17. The SMILES string of the molecule is C1=PCCCC1Cc1c(-c2ccccc2)cc(-c2ccccc2)cc1-c1ccccc1. The van der Waals surface area contributed by atoms with Crippen LogP contribution in [0, 0.1) is 5.92 Å². The van der Waals surface area contributed by atoms with Crippen molar-refractivity contribution in [2.24, 2.45) is 5.92 Å². The first-order chi connectivity index (χ1) is 15.4. The summed E-state index contributed by atoms with van der Waals surface area (Å²) in [6.45, 7) is 0. The highest BCUT2D eigenvalue weighted by Gasteiger charge is 2.19. The standard InChI is InChI=1S/C30H27P/c1-4-12-24(13-5-1)27-20-28(25-14-6-2-7-15-25)30(19-23-11-10-18-31-22-23)29(21-27)26-16-8-3-9-17-26/h1-9,12-17,20-23H,10-11,18-19H2. The first kappa shape index (κ1) is 20.0. The summed E-state index contributed by atoms with van der Waals surface area (Å²) in [7, 11) is 1.51. The lowest BCUT2D eigenvalue weighted by atomic mass is 9.83. The maximum absolute atomic E-state index is 2.54. The second-order valence-electron chi connectivity index (χ2n) is 8.31. The van der Waals surface area contributed by atoms with Crippen LogP contribution in [0.4, 0.5) is 0 Å². The second-order valence-corrected chi connectivity index (χ2v) is 9.42. The van der Waals surface area contributed by atoms with Gasteiger partial charge in [-0.25, -0.2) is 0 Å². The molecule has 0 saturated carbocycles. The fraction of sp³-hybridized carbons (Fsp3) is 0.167. The van der Waals surface area contributed by atoms with E-state index in [0.717, 1.165) is 6.42 Å². The molecule has 0 nitrogen and oxygen atoms in total. The maximum Gasteiger partial charge on any atom is -0.0109 e. The molecule has 0 aliphatic carbocycles. The molecule has 0 spiro atoms. The van der Waals surface area contributed by atoms with E-state index in [9.17, 15) is 0 Å². The smallest absolute Gasteiger partial charge is 0.0109 e. The number of hydrogen-bond donors (Lipinski definition) is 0. The van der Waals surface area contributed by atoms with Crippen molar-refractivity contribution in [3.63, 3.8) is 0 Å². The van der Waals surface area contributed by atoms with Gasteiger partial charge in [0.05, 0.1) is 0 Å². The molecule has 4 aromatic rings. The molecule has 1 heterocycles. The van der Waals surface area contributed by atoms with Crippen molar-refractivity contribution >= 4 is 14.0 Å². The lowest BCUT2D eigenvalue weighted by Crippen LogP contribution is -2.11. The van der Waals surface area contributed by atoms with E-state index in [1.807, 2.05) is 0 Å². The largest absolute Gasteiger partial charge is 0.109 e. The Balaban J connectivity index is 1.75. The van der Waals surface area contributed by atoms with Gasteiger partial charge in [-0.1, -0.05) is 96.8 Å². The van der Waals surface area contributed by atoms with Crippen molar-refractivity contribution in [2.45, 2.75) is 19.3 Å². The van der Waals surface area contributed by atoms with Crippen LogP contribution in [0.2, 0.25) is 0 Å². The van der Waals surface area contributed by atoms with Crippen LogP contribution in [0.25, 0.3) is 33.4 Å². The fourth-order valence-electron chi connectivity index (χ4n) is 4.60. The summed E-state index contributed by atoms with van der Waals surface area (Å²) in [4.78, 5) is 0. The Kier molecular flexibility index (Phi) is 6.10. The lowest BCUT2D eigenvalue weighted by molar-refractivity contribution is 0.624. The van der Waals surface area contributed by atoms with Gasteiger partial charge in [-0.05, 0) is 82.4 Å². The number of hydrogen-bond acceptors (Lipinski definition) is 0. The summed E-state index contributed by atoms with van der Waals surface area (Å²) >= 11 is 0. The summed E-state index contributed by atoms with van der Waals surface area (Å²) in [6, 6.07) is 37.4. The summed E-state index contributed by atoms with van der Waals surface area (Å²) in [5, 5.41) is 0. The van der Waals surface area contributed by atoms with E-state index in [4.69, 9.17) is 0 Å². The average Bonchev–Trinajstić information content (AvgIpc) is 2.86. The number of benzene rings is 4. The minimum atomic E-state index is 0.655. The highest BCUT2D eigenvalue weighted by Crippen LogP contribution is 2.39. The van der Waals surface area contributed by atoms with Gasteiger partial charge >= 0.3 is 0 Å². The molecule has 1 atom stereocenters. The molecular weight excluding hydrogens is 391 g/mol. The Bertz CT molecular complexity index is 1100. The molecule has 31 heavy (non-hydrogen) atoms. The van der Waals surface area contributed by atoms with Crippen molar-refractivity contribution in [2.75, 3.05) is 6.16 Å². The lowest BCUT2D eigenvalue weighted by Gasteiger charge is -2.23. The van der Waals surface area contributed by atoms with Gasteiger partial charge in [0.1, 0.15) is 0 Å². The van der Waals surface area contributed by atoms with Gasteiger partial charge in [-0.2, -0.15) is 0 Å². The van der Waals surface area contributed by atoms with Gasteiger partial charge in [0.2, 0.25) is 0 Å². The van der Waals surface area contributed by atoms with Crippen LogP contribution in [0.1, 0.15) is 18.4 Å². The Morgan fingerprint density at radius 3 is 1.61 bits per heavy atom. The molecule has 5 rings (SSSR count). The van der Waals surface area contributed by atoms with E-state index in [2.05, 4.69) is 109 Å². The highest BCUT2D eigenvalue weighted by atomic mass is 31.1. The van der Waals surface area contributed by atoms with Gasteiger partial charge < -0.3 is 0 Å². The third kappa shape index (κ3) is 4.55. The predicted octanol–water partition coefficient (Wildman–Crippen LogP) is 8.39. The quantitative estimate of drug-likeness (QED) is 0.286. The molecule has 0 fully saturated rings. The van der Waals surface area contributed by atoms with Crippen molar-refractivity contribution in [3.05, 3.63) is 109 Å². The second kappa shape index (κ2) is 9.46. The summed E-state index contributed by atoms with van der Waals surface area (Å²) < 4.78 is 0. The molecular formula is C30H27P. The minimum absolute atomic E-state index is 0.655. The van der Waals surface area contributed by atoms with E-state index in [-0.39, 0.29) is 0 Å². The van der Waals surface area contributed by atoms with E-state index in [1.54, 1.807) is 0 Å². The van der Waals surface area contributed by atoms with Crippen LogP contribution < -0.4 is 0 Å². The first-order valence-corrected chi connectivity index (χ1v) is 12.4. The number of rotatable bonds is 5. The zero-order valence-corrected chi connectivity index (χ0v) is 18.6. The van der Waals surface area contributed by atoms with Gasteiger partial charge in [0.25, 0.3) is 0 Å². The maximum atomic E-state index is 2.54. The molecule has 1 aliphatic heterocycles. The molecule has 1 heteroatoms. The zero-order valence-electron chi connectivity index (χ0n) is 17.7. The molecule has 0 amide bonds.